The summed E-state index contributed by atoms with van der Waals surface area (Å²) in [5.41, 5.74) is 2.70. The van der Waals surface area contributed by atoms with Crippen molar-refractivity contribution in [2.24, 2.45) is 0 Å². The lowest BCUT2D eigenvalue weighted by atomic mass is 10.1. The van der Waals surface area contributed by atoms with Gasteiger partial charge in [0, 0.05) is 24.4 Å². The predicted molar refractivity (Wildman–Crippen MR) is 106 cm³/mol. The van der Waals surface area contributed by atoms with Crippen molar-refractivity contribution in [3.63, 3.8) is 0 Å². The molecule has 0 aliphatic rings. The van der Waals surface area contributed by atoms with Crippen molar-refractivity contribution >= 4 is 5.97 Å². The second kappa shape index (κ2) is 11.6. The van der Waals surface area contributed by atoms with Gasteiger partial charge in [0.05, 0.1) is 0 Å². The van der Waals surface area contributed by atoms with E-state index in [1.807, 2.05) is 24.5 Å². The van der Waals surface area contributed by atoms with E-state index in [9.17, 15) is 22.4 Å². The van der Waals surface area contributed by atoms with Gasteiger partial charge in [0.1, 0.15) is 0 Å². The summed E-state index contributed by atoms with van der Waals surface area (Å²) in [4.78, 5) is 20.3. The molecule has 1 heterocycles. The third kappa shape index (κ3) is 7.72. The summed E-state index contributed by atoms with van der Waals surface area (Å²) < 4.78 is 53.8. The molecule has 0 saturated heterocycles. The van der Waals surface area contributed by atoms with Crippen molar-refractivity contribution in [3.05, 3.63) is 47.8 Å². The fraction of sp³-hybridized carbons (Fsp3) is 0.500. The molecular weight excluding hydrogens is 400 g/mol. The summed E-state index contributed by atoms with van der Waals surface area (Å²) in [6.45, 7) is 0.557. The Morgan fingerprint density at radius 1 is 1.00 bits per heavy atom. The first-order valence-electron chi connectivity index (χ1n) is 10.0. The van der Waals surface area contributed by atoms with Gasteiger partial charge in [-0.05, 0) is 30.4 Å². The highest BCUT2D eigenvalue weighted by atomic mass is 19.3. The first-order valence-corrected chi connectivity index (χ1v) is 10.0. The Labute approximate surface area is 173 Å². The quantitative estimate of drug-likeness (QED) is 0.250. The number of benzene rings is 1. The van der Waals surface area contributed by atoms with Crippen LogP contribution >= 0.6 is 0 Å². The summed E-state index contributed by atoms with van der Waals surface area (Å²) in [7, 11) is 0. The highest BCUT2D eigenvalue weighted by Gasteiger charge is 2.42. The number of hydrogen-bond acceptors (Lipinski definition) is 4. The average molecular weight is 426 g/mol. The van der Waals surface area contributed by atoms with Crippen LogP contribution in [0.5, 0.6) is 0 Å². The minimum Gasteiger partial charge on any atom is -0.459 e. The number of carbonyl (C=O) groups is 1. The maximum absolute atomic E-state index is 12.8. The summed E-state index contributed by atoms with van der Waals surface area (Å²) in [5, 5.41) is 0. The Morgan fingerprint density at radius 3 is 2.27 bits per heavy atom. The van der Waals surface area contributed by atoms with Crippen molar-refractivity contribution in [1.29, 1.82) is 0 Å². The minimum absolute atomic E-state index is 0.179. The first kappa shape index (κ1) is 23.8. The molecule has 1 aromatic carbocycles. The van der Waals surface area contributed by atoms with Crippen LogP contribution < -0.4 is 0 Å². The normalized spacial score (nSPS) is 11.7. The van der Waals surface area contributed by atoms with E-state index in [1.54, 1.807) is 12.1 Å². The van der Waals surface area contributed by atoms with Crippen LogP contribution in [-0.2, 0) is 22.4 Å². The summed E-state index contributed by atoms with van der Waals surface area (Å²) in [5.74, 6) is -4.69. The standard InChI is InChI=1S/C22H26F4N2O2/c1-2-3-4-5-6-17-13-27-20(28-14-17)18-10-7-16(8-11-18)9-12-19(29)30-15-22(25,26)21(23)24/h7-8,10-11,13-14,21H,2-6,9,12,15H2,1H3. The van der Waals surface area contributed by atoms with Crippen molar-refractivity contribution in [3.8, 4) is 11.4 Å². The van der Waals surface area contributed by atoms with Gasteiger partial charge in [-0.1, -0.05) is 50.5 Å². The molecule has 0 saturated carbocycles. The topological polar surface area (TPSA) is 52.1 Å². The SMILES string of the molecule is CCCCCCc1cnc(-c2ccc(CCC(=O)OCC(F)(F)C(F)F)cc2)nc1. The number of aromatic nitrogens is 2. The Morgan fingerprint density at radius 2 is 1.67 bits per heavy atom. The molecule has 0 bridgehead atoms. The van der Waals surface area contributed by atoms with Gasteiger partial charge in [0.15, 0.2) is 12.4 Å². The summed E-state index contributed by atoms with van der Waals surface area (Å²) >= 11 is 0. The van der Waals surface area contributed by atoms with Crippen LogP contribution in [-0.4, -0.2) is 34.9 Å². The molecule has 0 amide bonds. The van der Waals surface area contributed by atoms with Crippen molar-refractivity contribution in [2.75, 3.05) is 6.61 Å². The molecule has 4 nitrogen and oxygen atoms in total. The molecule has 0 spiro atoms. The maximum Gasteiger partial charge on any atom is 0.340 e. The predicted octanol–water partition coefficient (Wildman–Crippen LogP) is 5.64. The van der Waals surface area contributed by atoms with Crippen molar-refractivity contribution < 1.29 is 27.1 Å². The van der Waals surface area contributed by atoms with Crippen LogP contribution in [0.25, 0.3) is 11.4 Å². The number of ether oxygens (including phenoxy) is 1. The van der Waals surface area contributed by atoms with Gasteiger partial charge in [-0.3, -0.25) is 4.79 Å². The zero-order valence-electron chi connectivity index (χ0n) is 16.9. The monoisotopic (exact) mass is 426 g/mol. The zero-order chi connectivity index (χ0) is 22.0. The Hall–Kier alpha value is -2.51. The van der Waals surface area contributed by atoms with E-state index >= 15 is 0 Å². The number of rotatable bonds is 12. The largest absolute Gasteiger partial charge is 0.459 e. The Bertz CT molecular complexity index is 781. The molecular formula is C22H26F4N2O2. The van der Waals surface area contributed by atoms with E-state index in [0.29, 0.717) is 5.82 Å². The van der Waals surface area contributed by atoms with Crippen LogP contribution in [0.15, 0.2) is 36.7 Å². The average Bonchev–Trinajstić information content (AvgIpc) is 2.74. The fourth-order valence-corrected chi connectivity index (χ4v) is 2.77. The summed E-state index contributed by atoms with van der Waals surface area (Å²) in [6, 6.07) is 7.17. The molecule has 0 fully saturated rings. The molecule has 0 unspecified atom stereocenters. The van der Waals surface area contributed by atoms with E-state index in [-0.39, 0.29) is 12.8 Å². The zero-order valence-corrected chi connectivity index (χ0v) is 16.9. The molecule has 30 heavy (non-hydrogen) atoms. The molecule has 0 atom stereocenters. The number of halogens is 4. The number of aryl methyl sites for hydroxylation is 2. The molecule has 8 heteroatoms. The number of alkyl halides is 4. The van der Waals surface area contributed by atoms with E-state index in [1.165, 1.54) is 19.3 Å². The Kier molecular flexibility index (Phi) is 9.20. The number of hydrogen-bond donors (Lipinski definition) is 0. The highest BCUT2D eigenvalue weighted by molar-refractivity contribution is 5.69. The Balaban J connectivity index is 1.81. The number of carbonyl (C=O) groups excluding carboxylic acids is 1. The van der Waals surface area contributed by atoms with Crippen LogP contribution in [0, 0.1) is 0 Å². The van der Waals surface area contributed by atoms with Gasteiger partial charge in [-0.2, -0.15) is 8.78 Å². The highest BCUT2D eigenvalue weighted by Crippen LogP contribution is 2.23. The van der Waals surface area contributed by atoms with E-state index in [4.69, 9.17) is 0 Å². The van der Waals surface area contributed by atoms with Crippen LogP contribution in [0.3, 0.4) is 0 Å². The molecule has 164 valence electrons. The lowest BCUT2D eigenvalue weighted by Gasteiger charge is -2.14. The van der Waals surface area contributed by atoms with Gasteiger partial charge in [-0.25, -0.2) is 18.7 Å². The van der Waals surface area contributed by atoms with Gasteiger partial charge in [-0.15, -0.1) is 0 Å². The molecule has 2 rings (SSSR count). The summed E-state index contributed by atoms with van der Waals surface area (Å²) in [6.07, 6.45) is 5.55. The number of nitrogens with zero attached hydrogens (tertiary/aromatic N) is 2. The lowest BCUT2D eigenvalue weighted by Crippen LogP contribution is -2.33. The molecule has 0 N–H and O–H groups in total. The molecule has 0 radical (unpaired) electrons. The number of unbranched alkanes of at least 4 members (excludes halogenated alkanes) is 3. The third-order valence-corrected chi connectivity index (χ3v) is 4.60. The second-order valence-corrected chi connectivity index (χ2v) is 7.14. The third-order valence-electron chi connectivity index (χ3n) is 4.60. The van der Waals surface area contributed by atoms with E-state index < -0.39 is 24.9 Å². The first-order chi connectivity index (χ1) is 14.3. The second-order valence-electron chi connectivity index (χ2n) is 7.14. The van der Waals surface area contributed by atoms with Gasteiger partial charge in [0.2, 0.25) is 0 Å². The van der Waals surface area contributed by atoms with E-state index in [0.717, 1.165) is 29.5 Å². The van der Waals surface area contributed by atoms with Crippen LogP contribution in [0.2, 0.25) is 0 Å². The molecule has 2 aromatic rings. The molecule has 1 aromatic heterocycles. The van der Waals surface area contributed by atoms with Gasteiger partial charge in [0.25, 0.3) is 0 Å². The van der Waals surface area contributed by atoms with E-state index in [2.05, 4.69) is 21.6 Å². The smallest absolute Gasteiger partial charge is 0.340 e. The van der Waals surface area contributed by atoms with Crippen LogP contribution in [0.4, 0.5) is 17.6 Å². The minimum atomic E-state index is -4.33. The number of esters is 1. The molecule has 0 aliphatic heterocycles. The maximum atomic E-state index is 12.8. The van der Waals surface area contributed by atoms with Gasteiger partial charge >= 0.3 is 18.3 Å². The van der Waals surface area contributed by atoms with Crippen molar-refractivity contribution in [1.82, 2.24) is 9.97 Å². The van der Waals surface area contributed by atoms with Crippen LogP contribution in [0.1, 0.15) is 50.2 Å². The fourth-order valence-electron chi connectivity index (χ4n) is 2.77. The lowest BCUT2D eigenvalue weighted by molar-refractivity contribution is -0.179. The molecule has 0 aliphatic carbocycles. The van der Waals surface area contributed by atoms with Crippen molar-refractivity contribution in [2.45, 2.75) is 64.2 Å². The van der Waals surface area contributed by atoms with Gasteiger partial charge < -0.3 is 4.74 Å².